The summed E-state index contributed by atoms with van der Waals surface area (Å²) in [5.41, 5.74) is 3.35. The predicted molar refractivity (Wildman–Crippen MR) is 147 cm³/mol. The van der Waals surface area contributed by atoms with Crippen molar-refractivity contribution in [1.82, 2.24) is 0 Å². The van der Waals surface area contributed by atoms with Crippen molar-refractivity contribution < 1.29 is 23.7 Å². The van der Waals surface area contributed by atoms with E-state index >= 15 is 0 Å². The third kappa shape index (κ3) is 5.74. The second kappa shape index (κ2) is 11.4. The highest BCUT2D eigenvalue weighted by atomic mass is 16.6. The molecule has 0 saturated carbocycles. The summed E-state index contributed by atoms with van der Waals surface area (Å²) < 4.78 is 23.2. The van der Waals surface area contributed by atoms with Crippen LogP contribution >= 0.6 is 0 Å². The normalized spacial score (nSPS) is 14.1. The van der Waals surface area contributed by atoms with Gasteiger partial charge in [-0.3, -0.25) is 0 Å². The summed E-state index contributed by atoms with van der Waals surface area (Å²) in [6.07, 6.45) is 2.57. The van der Waals surface area contributed by atoms with Gasteiger partial charge in [0.2, 0.25) is 5.60 Å². The molecule has 3 aromatic rings. The minimum absolute atomic E-state index is 0.321. The number of anilines is 2. The Bertz CT molecular complexity index is 1270. The number of para-hydroxylation sites is 2. The molecule has 1 atom stereocenters. The Hall–Kier alpha value is -3.93. The van der Waals surface area contributed by atoms with Crippen LogP contribution in [-0.4, -0.2) is 31.3 Å². The van der Waals surface area contributed by atoms with Gasteiger partial charge in [-0.25, -0.2) is 4.79 Å². The van der Waals surface area contributed by atoms with Gasteiger partial charge in [0.05, 0.1) is 18.0 Å². The zero-order chi connectivity index (χ0) is 26.4. The number of nitrogens with zero attached hydrogens (tertiary/aromatic N) is 1. The van der Waals surface area contributed by atoms with Crippen molar-refractivity contribution in [3.8, 4) is 23.0 Å². The average molecular weight is 502 g/mol. The smallest absolute Gasteiger partial charge is 0.350 e. The van der Waals surface area contributed by atoms with E-state index in [9.17, 15) is 4.79 Å². The maximum atomic E-state index is 12.3. The number of rotatable bonds is 10. The van der Waals surface area contributed by atoms with E-state index < -0.39 is 5.60 Å². The molecule has 1 heterocycles. The average Bonchev–Trinajstić information content (AvgIpc) is 2.92. The van der Waals surface area contributed by atoms with Crippen LogP contribution in [0, 0.1) is 0 Å². The molecule has 0 aliphatic carbocycles. The van der Waals surface area contributed by atoms with Gasteiger partial charge in [-0.15, -0.1) is 0 Å². The number of benzene rings is 3. The van der Waals surface area contributed by atoms with Gasteiger partial charge in [-0.2, -0.15) is 0 Å². The SMILES string of the molecule is CCOC(=O)C(C)(CC)Oc1ccc(OC/C=C(\C)c2ccc3c(c2)N(CC)c2ccccc2O3)cc1. The summed E-state index contributed by atoms with van der Waals surface area (Å²) in [6, 6.07) is 21.7. The van der Waals surface area contributed by atoms with Gasteiger partial charge >= 0.3 is 5.97 Å². The molecule has 0 radical (unpaired) electrons. The topological polar surface area (TPSA) is 57.2 Å². The predicted octanol–water partition coefficient (Wildman–Crippen LogP) is 7.54. The van der Waals surface area contributed by atoms with Gasteiger partial charge in [0.25, 0.3) is 0 Å². The molecule has 0 spiro atoms. The maximum Gasteiger partial charge on any atom is 0.350 e. The number of carbonyl (C=O) groups is 1. The number of hydrogen-bond donors (Lipinski definition) is 0. The fourth-order valence-electron chi connectivity index (χ4n) is 4.20. The fourth-order valence-corrected chi connectivity index (χ4v) is 4.20. The lowest BCUT2D eigenvalue weighted by Crippen LogP contribution is -2.42. The van der Waals surface area contributed by atoms with Crippen LogP contribution in [0.15, 0.2) is 72.8 Å². The van der Waals surface area contributed by atoms with Gasteiger partial charge in [0.15, 0.2) is 11.5 Å². The molecule has 0 fully saturated rings. The first-order valence-electron chi connectivity index (χ1n) is 12.8. The van der Waals surface area contributed by atoms with Gasteiger partial charge in [-0.05, 0) is 99.9 Å². The number of carbonyl (C=O) groups excluding carboxylic acids is 1. The Morgan fingerprint density at radius 1 is 0.946 bits per heavy atom. The molecule has 0 saturated heterocycles. The Morgan fingerprint density at radius 2 is 1.65 bits per heavy atom. The van der Waals surface area contributed by atoms with Crippen molar-refractivity contribution in [1.29, 1.82) is 0 Å². The molecular formula is C31H35NO5. The van der Waals surface area contributed by atoms with E-state index in [1.54, 1.807) is 26.0 Å². The van der Waals surface area contributed by atoms with Crippen molar-refractivity contribution >= 4 is 22.9 Å². The zero-order valence-electron chi connectivity index (χ0n) is 22.2. The molecule has 1 aliphatic rings. The second-order valence-corrected chi connectivity index (χ2v) is 9.07. The summed E-state index contributed by atoms with van der Waals surface area (Å²) in [5, 5.41) is 0. The highest BCUT2D eigenvalue weighted by Crippen LogP contribution is 2.47. The van der Waals surface area contributed by atoms with Gasteiger partial charge in [-0.1, -0.05) is 25.1 Å². The Kier molecular flexibility index (Phi) is 8.07. The van der Waals surface area contributed by atoms with Crippen LogP contribution in [0.2, 0.25) is 0 Å². The summed E-state index contributed by atoms with van der Waals surface area (Å²) in [5.74, 6) is 2.69. The van der Waals surface area contributed by atoms with E-state index in [2.05, 4.69) is 43.0 Å². The Balaban J connectivity index is 1.40. The monoisotopic (exact) mass is 501 g/mol. The zero-order valence-corrected chi connectivity index (χ0v) is 22.2. The lowest BCUT2D eigenvalue weighted by Gasteiger charge is -2.32. The van der Waals surface area contributed by atoms with Gasteiger partial charge < -0.3 is 23.8 Å². The Labute approximate surface area is 219 Å². The van der Waals surface area contributed by atoms with Crippen molar-refractivity contribution in [3.63, 3.8) is 0 Å². The highest BCUT2D eigenvalue weighted by Gasteiger charge is 2.35. The molecule has 0 bridgehead atoms. The van der Waals surface area contributed by atoms with E-state index in [-0.39, 0.29) is 5.97 Å². The largest absolute Gasteiger partial charge is 0.490 e. The molecule has 0 amide bonds. The van der Waals surface area contributed by atoms with Crippen LogP contribution in [0.4, 0.5) is 11.4 Å². The number of allylic oxidation sites excluding steroid dienone is 1. The quantitative estimate of drug-likeness (QED) is 0.267. The number of ether oxygens (including phenoxy) is 4. The van der Waals surface area contributed by atoms with E-state index in [0.717, 1.165) is 46.3 Å². The van der Waals surface area contributed by atoms with Crippen LogP contribution in [0.3, 0.4) is 0 Å². The molecule has 194 valence electrons. The third-order valence-corrected chi connectivity index (χ3v) is 6.59. The molecule has 1 aliphatic heterocycles. The van der Waals surface area contributed by atoms with Crippen molar-refractivity contribution in [2.24, 2.45) is 0 Å². The van der Waals surface area contributed by atoms with E-state index in [4.69, 9.17) is 18.9 Å². The maximum absolute atomic E-state index is 12.3. The minimum atomic E-state index is -1.02. The van der Waals surface area contributed by atoms with E-state index in [1.807, 2.05) is 43.3 Å². The van der Waals surface area contributed by atoms with E-state index in [0.29, 0.717) is 25.4 Å². The number of fused-ring (bicyclic) bond motifs is 2. The number of esters is 1. The Morgan fingerprint density at radius 3 is 2.35 bits per heavy atom. The van der Waals surface area contributed by atoms with Crippen molar-refractivity contribution in [2.45, 2.75) is 46.6 Å². The highest BCUT2D eigenvalue weighted by molar-refractivity contribution is 5.81. The lowest BCUT2D eigenvalue weighted by molar-refractivity contribution is -0.160. The molecule has 37 heavy (non-hydrogen) atoms. The first-order chi connectivity index (χ1) is 17.9. The lowest BCUT2D eigenvalue weighted by atomic mass is 10.0. The molecule has 3 aromatic carbocycles. The minimum Gasteiger partial charge on any atom is -0.490 e. The van der Waals surface area contributed by atoms with E-state index in [1.165, 1.54) is 0 Å². The summed E-state index contributed by atoms with van der Waals surface area (Å²) in [6.45, 7) is 11.2. The fraction of sp³-hybridized carbons (Fsp3) is 0.323. The van der Waals surface area contributed by atoms with Crippen LogP contribution in [0.1, 0.15) is 46.6 Å². The number of hydrogen-bond acceptors (Lipinski definition) is 6. The summed E-state index contributed by atoms with van der Waals surface area (Å²) in [7, 11) is 0. The summed E-state index contributed by atoms with van der Waals surface area (Å²) in [4.78, 5) is 14.5. The van der Waals surface area contributed by atoms with Crippen LogP contribution in [0.5, 0.6) is 23.0 Å². The molecule has 6 nitrogen and oxygen atoms in total. The molecule has 0 aromatic heterocycles. The molecule has 4 rings (SSSR count). The van der Waals surface area contributed by atoms with Crippen molar-refractivity contribution in [2.75, 3.05) is 24.7 Å². The van der Waals surface area contributed by atoms with Crippen LogP contribution in [0.25, 0.3) is 5.57 Å². The second-order valence-electron chi connectivity index (χ2n) is 9.07. The molecule has 0 N–H and O–H groups in total. The third-order valence-electron chi connectivity index (χ3n) is 6.59. The van der Waals surface area contributed by atoms with Gasteiger partial charge in [0, 0.05) is 6.54 Å². The molecule has 1 unspecified atom stereocenters. The van der Waals surface area contributed by atoms with Crippen LogP contribution < -0.4 is 19.1 Å². The summed E-state index contributed by atoms with van der Waals surface area (Å²) >= 11 is 0. The van der Waals surface area contributed by atoms with Crippen molar-refractivity contribution in [3.05, 3.63) is 78.4 Å². The standard InChI is InChI=1S/C31H35NO5/c1-6-31(5,30(33)34-8-3)37-25-16-14-24(15-17-25)35-20-19-22(4)23-13-18-29-27(21-23)32(7-2)26-11-9-10-12-28(26)36-29/h9-19,21H,6-8,20H2,1-5H3/b22-19+. The van der Waals surface area contributed by atoms with Crippen LogP contribution in [-0.2, 0) is 9.53 Å². The molecule has 6 heteroatoms. The first-order valence-corrected chi connectivity index (χ1v) is 12.8. The van der Waals surface area contributed by atoms with Gasteiger partial charge in [0.1, 0.15) is 18.1 Å². The first kappa shape index (κ1) is 26.1. The molecular weight excluding hydrogens is 466 g/mol.